The highest BCUT2D eigenvalue weighted by Crippen LogP contribution is 2.35. The molecule has 1 saturated heterocycles. The normalized spacial score (nSPS) is 13.3. The molecule has 48 heavy (non-hydrogen) atoms. The van der Waals surface area contributed by atoms with Crippen LogP contribution in [0.5, 0.6) is 0 Å². The van der Waals surface area contributed by atoms with Crippen molar-refractivity contribution < 1.29 is 37.5 Å². The molecule has 1 aliphatic heterocycles. The number of halogens is 4. The number of anilines is 2. The minimum Gasteiger partial charge on any atom is -0.480 e. The summed E-state index contributed by atoms with van der Waals surface area (Å²) in [7, 11) is 0. The molecule has 1 fully saturated rings. The maximum Gasteiger partial charge on any atom is 0.417 e. The monoisotopic (exact) mass is 703 g/mol. The Morgan fingerprint density at radius 3 is 2.42 bits per heavy atom. The number of hydrogen-bond donors (Lipinski definition) is 3. The zero-order chi connectivity index (χ0) is 34.7. The first-order valence-electron chi connectivity index (χ1n) is 15.0. The number of urea groups is 1. The molecule has 4 amide bonds. The minimum atomic E-state index is -4.68. The first-order valence-corrected chi connectivity index (χ1v) is 16.5. The fraction of sp³-hybridized carbons (Fsp3) is 0.303. The van der Waals surface area contributed by atoms with Crippen LogP contribution in [0.15, 0.2) is 71.8 Å². The third-order valence-corrected chi connectivity index (χ3v) is 8.62. The maximum absolute atomic E-state index is 13.9. The Kier molecular flexibility index (Phi) is 12.9. The second-order valence-corrected chi connectivity index (χ2v) is 12.3. The number of benzene rings is 3. The zero-order valence-electron chi connectivity index (χ0n) is 25.6. The average Bonchev–Trinajstić information content (AvgIpc) is 3.07. The molecule has 0 radical (unpaired) electrons. The number of hydrazone groups is 1. The van der Waals surface area contributed by atoms with E-state index in [4.69, 9.17) is 16.7 Å². The van der Waals surface area contributed by atoms with E-state index in [-0.39, 0.29) is 29.1 Å². The Balaban J connectivity index is 1.51. The number of thioether (sulfide) groups is 1. The van der Waals surface area contributed by atoms with Gasteiger partial charge in [-0.3, -0.25) is 14.4 Å². The summed E-state index contributed by atoms with van der Waals surface area (Å²) < 4.78 is 39.9. The Bertz CT molecular complexity index is 1650. The number of piperidine rings is 1. The number of aliphatic carboxylic acids is 1. The molecule has 15 heteroatoms. The van der Waals surface area contributed by atoms with Gasteiger partial charge in [-0.05, 0) is 78.9 Å². The van der Waals surface area contributed by atoms with Crippen molar-refractivity contribution in [2.75, 3.05) is 35.2 Å². The van der Waals surface area contributed by atoms with Crippen LogP contribution in [0.3, 0.4) is 0 Å². The van der Waals surface area contributed by atoms with Crippen LogP contribution in [0.25, 0.3) is 0 Å². The van der Waals surface area contributed by atoms with Crippen molar-refractivity contribution in [1.29, 1.82) is 0 Å². The van der Waals surface area contributed by atoms with Crippen LogP contribution in [0.2, 0.25) is 5.02 Å². The molecule has 3 N–H and O–H groups in total. The summed E-state index contributed by atoms with van der Waals surface area (Å²) in [4.78, 5) is 52.8. The number of carbonyl (C=O) groups excluding carboxylic acids is 3. The van der Waals surface area contributed by atoms with E-state index in [1.807, 2.05) is 12.1 Å². The molecule has 0 saturated carbocycles. The lowest BCUT2D eigenvalue weighted by Gasteiger charge is -2.29. The summed E-state index contributed by atoms with van der Waals surface area (Å²) in [5.41, 5.74) is 3.37. The number of hydrogen-bond acceptors (Lipinski definition) is 7. The largest absolute Gasteiger partial charge is 0.480 e. The average molecular weight is 704 g/mol. The minimum absolute atomic E-state index is 0.0281. The number of carbonyl (C=O) groups is 4. The van der Waals surface area contributed by atoms with Gasteiger partial charge in [0, 0.05) is 42.3 Å². The fourth-order valence-corrected chi connectivity index (χ4v) is 6.00. The topological polar surface area (TPSA) is 131 Å². The number of amides is 4. The Morgan fingerprint density at radius 1 is 1.00 bits per heavy atom. The molecule has 254 valence electrons. The van der Waals surface area contributed by atoms with Crippen LogP contribution in [0.4, 0.5) is 29.3 Å². The number of nitrogens with zero attached hydrogens (tertiary/aromatic N) is 3. The Labute approximate surface area is 284 Å². The van der Waals surface area contributed by atoms with Gasteiger partial charge in [0.05, 0.1) is 22.5 Å². The second kappa shape index (κ2) is 17.0. The highest BCUT2D eigenvalue weighted by Gasteiger charge is 2.33. The molecule has 0 bridgehead atoms. The molecule has 1 aliphatic rings. The van der Waals surface area contributed by atoms with Crippen molar-refractivity contribution in [3.63, 3.8) is 0 Å². The molecule has 4 rings (SSSR count). The molecular weight excluding hydrogens is 671 g/mol. The molecule has 0 atom stereocenters. The van der Waals surface area contributed by atoms with E-state index in [1.54, 1.807) is 36.4 Å². The van der Waals surface area contributed by atoms with Gasteiger partial charge in [0.15, 0.2) is 0 Å². The number of rotatable bonds is 12. The van der Waals surface area contributed by atoms with Gasteiger partial charge in [-0.2, -0.15) is 30.0 Å². The number of carboxylic acids is 1. The quantitative estimate of drug-likeness (QED) is 0.111. The van der Waals surface area contributed by atoms with Gasteiger partial charge in [-0.25, -0.2) is 15.1 Å². The number of nitrogens with one attached hydrogen (secondary N) is 2. The molecule has 3 aromatic rings. The van der Waals surface area contributed by atoms with Crippen LogP contribution >= 0.6 is 23.4 Å². The summed E-state index contributed by atoms with van der Waals surface area (Å²) >= 11 is 7.10. The summed E-state index contributed by atoms with van der Waals surface area (Å²) in [5.74, 6) is -1.33. The lowest BCUT2D eigenvalue weighted by atomic mass is 10.1. The van der Waals surface area contributed by atoms with Gasteiger partial charge >= 0.3 is 18.2 Å². The predicted molar refractivity (Wildman–Crippen MR) is 180 cm³/mol. The van der Waals surface area contributed by atoms with Crippen molar-refractivity contribution in [3.05, 3.63) is 94.0 Å². The lowest BCUT2D eigenvalue weighted by Crippen LogP contribution is -2.42. The first-order chi connectivity index (χ1) is 22.9. The van der Waals surface area contributed by atoms with E-state index in [2.05, 4.69) is 20.7 Å². The van der Waals surface area contributed by atoms with Gasteiger partial charge in [0.2, 0.25) is 5.91 Å². The molecule has 0 aromatic heterocycles. The molecule has 0 aliphatic carbocycles. The van der Waals surface area contributed by atoms with Crippen LogP contribution in [-0.4, -0.2) is 60.5 Å². The van der Waals surface area contributed by atoms with Gasteiger partial charge < -0.3 is 15.3 Å². The van der Waals surface area contributed by atoms with E-state index in [9.17, 15) is 32.3 Å². The lowest BCUT2D eigenvalue weighted by molar-refractivity contribution is -0.138. The van der Waals surface area contributed by atoms with E-state index in [1.165, 1.54) is 17.8 Å². The van der Waals surface area contributed by atoms with Crippen molar-refractivity contribution >= 4 is 64.8 Å². The van der Waals surface area contributed by atoms with Gasteiger partial charge in [0.25, 0.3) is 5.91 Å². The van der Waals surface area contributed by atoms with Crippen LogP contribution in [0, 0.1) is 0 Å². The molecule has 3 aromatic carbocycles. The highest BCUT2D eigenvalue weighted by atomic mass is 35.5. The molecule has 10 nitrogen and oxygen atoms in total. The van der Waals surface area contributed by atoms with Crippen LogP contribution in [0.1, 0.15) is 52.7 Å². The predicted octanol–water partition coefficient (Wildman–Crippen LogP) is 6.56. The van der Waals surface area contributed by atoms with Crippen molar-refractivity contribution in [1.82, 2.24) is 10.7 Å². The van der Waals surface area contributed by atoms with E-state index in [0.29, 0.717) is 11.5 Å². The second-order valence-electron chi connectivity index (χ2n) is 10.8. The molecular formula is C33H33ClF3N5O5S. The van der Waals surface area contributed by atoms with Gasteiger partial charge in [-0.1, -0.05) is 29.8 Å². The van der Waals surface area contributed by atoms with E-state index < -0.39 is 41.2 Å². The van der Waals surface area contributed by atoms with Crippen LogP contribution in [-0.2, 0) is 21.5 Å². The molecule has 0 unspecified atom stereocenters. The first kappa shape index (κ1) is 36.3. The smallest absolute Gasteiger partial charge is 0.417 e. The molecule has 1 heterocycles. The summed E-state index contributed by atoms with van der Waals surface area (Å²) in [5, 5.41) is 14.3. The van der Waals surface area contributed by atoms with E-state index in [0.717, 1.165) is 66.9 Å². The SMILES string of the molecule is O=C(O)CNC(=O)CCSCc1cccc(C(=O)N(C(=O)NN=Cc2ccc(Cl)c(C(F)(F)F)c2)c2ccc(N3CCCCC3)cc2)c1. The zero-order valence-corrected chi connectivity index (χ0v) is 27.2. The van der Waals surface area contributed by atoms with Crippen LogP contribution < -0.4 is 20.5 Å². The van der Waals surface area contributed by atoms with Gasteiger partial charge in [-0.15, -0.1) is 0 Å². The highest BCUT2D eigenvalue weighted by molar-refractivity contribution is 7.98. The summed E-state index contributed by atoms with van der Waals surface area (Å²) in [6, 6.07) is 15.8. The van der Waals surface area contributed by atoms with E-state index >= 15 is 0 Å². The Morgan fingerprint density at radius 2 is 1.73 bits per heavy atom. The number of imide groups is 1. The number of carboxylic acid groups (broad SMARTS) is 1. The maximum atomic E-state index is 13.9. The third kappa shape index (κ3) is 10.5. The summed E-state index contributed by atoms with van der Waals surface area (Å²) in [6.07, 6.45) is -0.256. The molecule has 0 spiro atoms. The Hall–Kier alpha value is -4.56. The summed E-state index contributed by atoms with van der Waals surface area (Å²) in [6.45, 7) is 1.34. The van der Waals surface area contributed by atoms with Crippen molar-refractivity contribution in [2.24, 2.45) is 5.10 Å². The standard InChI is InChI=1S/C33H33ClF3N5O5S/c34-28-12-7-22(18-27(28)33(35,36)37)19-39-40-32(47)42(26-10-8-25(9-11-26)41-14-2-1-3-15-41)31(46)24-6-4-5-23(17-24)21-48-16-13-29(43)38-20-30(44)45/h4-12,17-19H,1-3,13-16,20-21H2,(H,38,43)(H,40,47)(H,44,45). The van der Waals surface area contributed by atoms with Crippen molar-refractivity contribution in [2.45, 2.75) is 37.6 Å². The fourth-order valence-electron chi connectivity index (χ4n) is 4.88. The van der Waals surface area contributed by atoms with Crippen molar-refractivity contribution in [3.8, 4) is 0 Å². The van der Waals surface area contributed by atoms with Gasteiger partial charge in [0.1, 0.15) is 6.54 Å². The third-order valence-electron chi connectivity index (χ3n) is 7.26. The number of alkyl halides is 3.